The number of nitrogens with zero attached hydrogens (tertiary/aromatic N) is 4. The highest BCUT2D eigenvalue weighted by atomic mass is 32.2. The smallest absolute Gasteiger partial charge is 0.273 e. The number of tetrazole rings is 1. The number of hydrogen-bond acceptors (Lipinski definition) is 6. The molecule has 1 N–H and O–H groups in total. The minimum atomic E-state index is -3.53. The van der Waals surface area contributed by atoms with Crippen molar-refractivity contribution in [1.82, 2.24) is 25.5 Å². The zero-order chi connectivity index (χ0) is 12.3. The predicted molar refractivity (Wildman–Crippen MR) is 60.3 cm³/mol. The average molecular weight is 253 g/mol. The number of nitrogens with one attached hydrogen (secondary N) is 1. The number of sulfone groups is 1. The van der Waals surface area contributed by atoms with Gasteiger partial charge in [0.05, 0.1) is 5.69 Å². The van der Waals surface area contributed by atoms with Crippen molar-refractivity contribution < 1.29 is 8.42 Å². The molecule has 0 aliphatic rings. The third-order valence-electron chi connectivity index (χ3n) is 2.05. The topological polar surface area (TPSA) is 89.8 Å². The lowest BCUT2D eigenvalue weighted by Crippen LogP contribution is -2.22. The summed E-state index contributed by atoms with van der Waals surface area (Å²) in [4.78, 5) is 0. The van der Waals surface area contributed by atoms with Crippen molar-refractivity contribution >= 4 is 9.84 Å². The van der Waals surface area contributed by atoms with Gasteiger partial charge in [-0.2, -0.15) is 4.68 Å². The van der Waals surface area contributed by atoms with Crippen LogP contribution in [0.5, 0.6) is 0 Å². The zero-order valence-corrected chi connectivity index (χ0v) is 9.92. The molecule has 0 atom stereocenters. The quantitative estimate of drug-likeness (QED) is 0.798. The van der Waals surface area contributed by atoms with Crippen molar-refractivity contribution in [2.24, 2.45) is 0 Å². The highest BCUT2D eigenvalue weighted by Gasteiger charge is 2.22. The number of benzene rings is 1. The van der Waals surface area contributed by atoms with Gasteiger partial charge in [0.15, 0.2) is 0 Å². The molecule has 0 bridgehead atoms. The molecule has 1 heterocycles. The maximum Gasteiger partial charge on any atom is 0.273 e. The molecule has 8 heteroatoms. The van der Waals surface area contributed by atoms with Crippen LogP contribution in [0.15, 0.2) is 35.5 Å². The number of para-hydroxylation sites is 1. The van der Waals surface area contributed by atoms with E-state index in [1.54, 1.807) is 31.3 Å². The molecular weight excluding hydrogens is 242 g/mol. The molecular formula is C9H11N5O2S. The summed E-state index contributed by atoms with van der Waals surface area (Å²) in [5.41, 5.74) is 0.604. The Bertz CT molecular complexity index is 593. The van der Waals surface area contributed by atoms with Crippen molar-refractivity contribution in [1.29, 1.82) is 0 Å². The second-order valence-electron chi connectivity index (χ2n) is 3.32. The van der Waals surface area contributed by atoms with Crippen molar-refractivity contribution in [2.75, 3.05) is 12.9 Å². The second-order valence-corrected chi connectivity index (χ2v) is 5.20. The predicted octanol–water partition coefficient (Wildman–Crippen LogP) is -0.387. The molecule has 0 saturated heterocycles. The van der Waals surface area contributed by atoms with E-state index in [4.69, 9.17) is 0 Å². The summed E-state index contributed by atoms with van der Waals surface area (Å²) in [6.45, 7) is 0. The van der Waals surface area contributed by atoms with Gasteiger partial charge in [0.25, 0.3) is 5.16 Å². The fourth-order valence-corrected chi connectivity index (χ4v) is 2.43. The molecule has 7 nitrogen and oxygen atoms in total. The molecule has 1 aromatic carbocycles. The van der Waals surface area contributed by atoms with Gasteiger partial charge in [0.1, 0.15) is 5.88 Å². The summed E-state index contributed by atoms with van der Waals surface area (Å²) in [6, 6.07) is 8.86. The second kappa shape index (κ2) is 4.60. The molecule has 0 saturated carbocycles. The molecule has 17 heavy (non-hydrogen) atoms. The van der Waals surface area contributed by atoms with E-state index in [0.717, 1.165) is 0 Å². The molecule has 0 amide bonds. The largest absolute Gasteiger partial charge is 0.306 e. The van der Waals surface area contributed by atoms with E-state index in [0.29, 0.717) is 5.69 Å². The summed E-state index contributed by atoms with van der Waals surface area (Å²) < 4.78 is 24.9. The van der Waals surface area contributed by atoms with E-state index >= 15 is 0 Å². The lowest BCUT2D eigenvalue weighted by Gasteiger charge is -2.04. The van der Waals surface area contributed by atoms with Gasteiger partial charge < -0.3 is 5.32 Å². The van der Waals surface area contributed by atoms with Crippen LogP contribution in [0.1, 0.15) is 0 Å². The molecule has 2 rings (SSSR count). The summed E-state index contributed by atoms with van der Waals surface area (Å²) in [6.07, 6.45) is 0. The summed E-state index contributed by atoms with van der Waals surface area (Å²) in [5, 5.41) is 13.1. The van der Waals surface area contributed by atoms with Crippen LogP contribution in [0.2, 0.25) is 0 Å². The lowest BCUT2D eigenvalue weighted by atomic mass is 10.3. The molecule has 0 spiro atoms. The Balaban J connectivity index is 2.50. The number of hydrogen-bond donors (Lipinski definition) is 1. The van der Waals surface area contributed by atoms with Crippen LogP contribution in [-0.4, -0.2) is 41.5 Å². The lowest BCUT2D eigenvalue weighted by molar-refractivity contribution is 0.576. The van der Waals surface area contributed by atoms with Gasteiger partial charge in [-0.3, -0.25) is 0 Å². The molecule has 0 radical (unpaired) electrons. The van der Waals surface area contributed by atoms with Gasteiger partial charge in [-0.25, -0.2) is 8.42 Å². The van der Waals surface area contributed by atoms with Crippen LogP contribution in [0.25, 0.3) is 5.69 Å². The summed E-state index contributed by atoms with van der Waals surface area (Å²) in [7, 11) is -1.98. The molecule has 90 valence electrons. The third kappa shape index (κ3) is 2.32. The normalized spacial score (nSPS) is 11.6. The summed E-state index contributed by atoms with van der Waals surface area (Å²) >= 11 is 0. The highest BCUT2D eigenvalue weighted by molar-refractivity contribution is 7.91. The third-order valence-corrected chi connectivity index (χ3v) is 3.53. The van der Waals surface area contributed by atoms with E-state index in [1.165, 1.54) is 4.68 Å². The fourth-order valence-electron chi connectivity index (χ4n) is 1.36. The minimum Gasteiger partial charge on any atom is -0.306 e. The molecule has 0 fully saturated rings. The van der Waals surface area contributed by atoms with Gasteiger partial charge in [-0.15, -0.1) is 0 Å². The van der Waals surface area contributed by atoms with E-state index < -0.39 is 9.84 Å². The van der Waals surface area contributed by atoms with Gasteiger partial charge in [-0.1, -0.05) is 23.3 Å². The standard InChI is InChI=1S/C9H11N5O2S/c1-10-7-17(15,16)9-11-12-13-14(9)8-5-3-2-4-6-8/h2-6,10H,7H2,1H3. The first kappa shape index (κ1) is 11.7. The number of aromatic nitrogens is 4. The van der Waals surface area contributed by atoms with Gasteiger partial charge >= 0.3 is 0 Å². The van der Waals surface area contributed by atoms with Crippen LogP contribution in [-0.2, 0) is 9.84 Å². The van der Waals surface area contributed by atoms with E-state index in [-0.39, 0.29) is 11.0 Å². The van der Waals surface area contributed by atoms with Gasteiger partial charge in [0.2, 0.25) is 9.84 Å². The Morgan fingerprint density at radius 3 is 2.65 bits per heavy atom. The maximum absolute atomic E-state index is 11.9. The Morgan fingerprint density at radius 1 is 1.29 bits per heavy atom. The average Bonchev–Trinajstić information content (AvgIpc) is 2.79. The molecule has 0 unspecified atom stereocenters. The van der Waals surface area contributed by atoms with Gasteiger partial charge in [-0.05, 0) is 29.6 Å². The first-order valence-corrected chi connectivity index (χ1v) is 6.51. The van der Waals surface area contributed by atoms with Crippen LogP contribution >= 0.6 is 0 Å². The van der Waals surface area contributed by atoms with Crippen molar-refractivity contribution in [3.63, 3.8) is 0 Å². The summed E-state index contributed by atoms with van der Waals surface area (Å²) in [5.74, 6) is -0.208. The minimum absolute atomic E-state index is 0.168. The Kier molecular flexibility index (Phi) is 3.16. The monoisotopic (exact) mass is 253 g/mol. The molecule has 0 aliphatic carbocycles. The first-order valence-electron chi connectivity index (χ1n) is 4.86. The van der Waals surface area contributed by atoms with E-state index in [2.05, 4.69) is 20.8 Å². The van der Waals surface area contributed by atoms with Gasteiger partial charge in [0, 0.05) is 0 Å². The van der Waals surface area contributed by atoms with Crippen molar-refractivity contribution in [3.8, 4) is 5.69 Å². The van der Waals surface area contributed by atoms with Crippen LogP contribution in [0.3, 0.4) is 0 Å². The van der Waals surface area contributed by atoms with Crippen LogP contribution < -0.4 is 5.32 Å². The first-order chi connectivity index (χ1) is 8.15. The Morgan fingerprint density at radius 2 is 2.00 bits per heavy atom. The Hall–Kier alpha value is -1.80. The fraction of sp³-hybridized carbons (Fsp3) is 0.222. The van der Waals surface area contributed by atoms with E-state index in [1.807, 2.05) is 6.07 Å². The maximum atomic E-state index is 11.9. The Labute approximate surface area is 98.4 Å². The molecule has 0 aliphatic heterocycles. The zero-order valence-electron chi connectivity index (χ0n) is 9.11. The highest BCUT2D eigenvalue weighted by Crippen LogP contribution is 2.11. The van der Waals surface area contributed by atoms with Crippen LogP contribution in [0, 0.1) is 0 Å². The van der Waals surface area contributed by atoms with Crippen molar-refractivity contribution in [3.05, 3.63) is 30.3 Å². The molecule has 1 aromatic heterocycles. The van der Waals surface area contributed by atoms with E-state index in [9.17, 15) is 8.42 Å². The number of rotatable bonds is 4. The molecule has 2 aromatic rings. The SMILES string of the molecule is CNCS(=O)(=O)c1nnnn1-c1ccccc1. The van der Waals surface area contributed by atoms with Crippen molar-refractivity contribution in [2.45, 2.75) is 5.16 Å². The van der Waals surface area contributed by atoms with Crippen LogP contribution in [0.4, 0.5) is 0 Å².